The lowest BCUT2D eigenvalue weighted by Crippen LogP contribution is -2.14. The van der Waals surface area contributed by atoms with Crippen LogP contribution in [0.15, 0.2) is 22.9 Å². The minimum atomic E-state index is -0.508. The Bertz CT molecular complexity index is 614. The van der Waals surface area contributed by atoms with E-state index in [4.69, 9.17) is 10.5 Å². The fourth-order valence-corrected chi connectivity index (χ4v) is 2.15. The summed E-state index contributed by atoms with van der Waals surface area (Å²) in [5.41, 5.74) is 7.31. The molecule has 0 bridgehead atoms. The first-order valence-electron chi connectivity index (χ1n) is 6.04. The Morgan fingerprint density at radius 1 is 1.50 bits per heavy atom. The maximum atomic E-state index is 11.7. The van der Waals surface area contributed by atoms with Crippen molar-refractivity contribution in [3.05, 3.63) is 39.9 Å². The minimum Gasteiger partial charge on any atom is -0.461 e. The van der Waals surface area contributed by atoms with E-state index in [2.05, 4.69) is 31.2 Å². The third-order valence-corrected chi connectivity index (χ3v) is 3.03. The zero-order chi connectivity index (χ0) is 14.5. The van der Waals surface area contributed by atoms with Gasteiger partial charge in [-0.25, -0.2) is 9.48 Å². The predicted molar refractivity (Wildman–Crippen MR) is 74.9 cm³/mol. The van der Waals surface area contributed by atoms with Gasteiger partial charge in [0.25, 0.3) is 0 Å². The number of pyridine rings is 1. The summed E-state index contributed by atoms with van der Waals surface area (Å²) in [4.78, 5) is 15.8. The second kappa shape index (κ2) is 6.58. The van der Waals surface area contributed by atoms with Crippen LogP contribution in [-0.4, -0.2) is 32.6 Å². The number of carbonyl (C=O) groups excluding carboxylic acids is 1. The Balaban J connectivity index is 2.27. The topological polar surface area (TPSA) is 95.9 Å². The van der Waals surface area contributed by atoms with Crippen molar-refractivity contribution in [2.75, 3.05) is 6.61 Å². The lowest BCUT2D eigenvalue weighted by Gasteiger charge is -2.06. The van der Waals surface area contributed by atoms with Crippen LogP contribution in [0.2, 0.25) is 0 Å². The molecule has 8 heteroatoms. The molecule has 0 aromatic carbocycles. The van der Waals surface area contributed by atoms with Gasteiger partial charge in [0.05, 0.1) is 18.8 Å². The molecule has 0 saturated carbocycles. The van der Waals surface area contributed by atoms with Crippen LogP contribution < -0.4 is 5.73 Å². The Morgan fingerprint density at radius 2 is 2.30 bits per heavy atom. The van der Waals surface area contributed by atoms with E-state index in [1.54, 1.807) is 24.0 Å². The van der Waals surface area contributed by atoms with E-state index >= 15 is 0 Å². The Kier molecular flexibility index (Phi) is 4.80. The zero-order valence-electron chi connectivity index (χ0n) is 10.9. The van der Waals surface area contributed by atoms with Gasteiger partial charge in [-0.3, -0.25) is 4.98 Å². The first kappa shape index (κ1) is 14.6. The van der Waals surface area contributed by atoms with Crippen LogP contribution >= 0.6 is 15.9 Å². The molecule has 0 fully saturated rings. The van der Waals surface area contributed by atoms with Gasteiger partial charge >= 0.3 is 5.97 Å². The number of ether oxygens (including phenoxy) is 1. The van der Waals surface area contributed by atoms with Gasteiger partial charge in [-0.2, -0.15) is 0 Å². The number of esters is 1. The highest BCUT2D eigenvalue weighted by atomic mass is 79.9. The number of nitrogens with zero attached hydrogens (tertiary/aromatic N) is 4. The molecule has 0 atom stereocenters. The number of carbonyl (C=O) groups is 1. The normalized spacial score (nSPS) is 10.6. The standard InChI is InChI=1S/C12H14BrN5O2/c1-2-20-12(19)11-10(4-14)18(17-16-11)7-8-3-9(13)6-15-5-8/h3,5-6H,2,4,7,14H2,1H3. The van der Waals surface area contributed by atoms with Gasteiger partial charge in [-0.15, -0.1) is 5.10 Å². The molecular weight excluding hydrogens is 326 g/mol. The number of hydrogen-bond acceptors (Lipinski definition) is 6. The molecule has 106 valence electrons. The third-order valence-electron chi connectivity index (χ3n) is 2.59. The average molecular weight is 340 g/mol. The van der Waals surface area contributed by atoms with Crippen molar-refractivity contribution in [3.8, 4) is 0 Å². The van der Waals surface area contributed by atoms with Gasteiger partial charge in [0.1, 0.15) is 0 Å². The SMILES string of the molecule is CCOC(=O)c1nnn(Cc2cncc(Br)c2)c1CN. The van der Waals surface area contributed by atoms with Crippen molar-refractivity contribution in [1.82, 2.24) is 20.0 Å². The predicted octanol–water partition coefficient (Wildman–Crippen LogP) is 1.12. The van der Waals surface area contributed by atoms with Crippen molar-refractivity contribution >= 4 is 21.9 Å². The quantitative estimate of drug-likeness (QED) is 0.820. The molecule has 0 aliphatic rings. The molecule has 0 unspecified atom stereocenters. The molecule has 2 rings (SSSR count). The van der Waals surface area contributed by atoms with Gasteiger partial charge in [0.15, 0.2) is 5.69 Å². The highest BCUT2D eigenvalue weighted by Gasteiger charge is 2.19. The molecule has 2 aromatic heterocycles. The van der Waals surface area contributed by atoms with Crippen molar-refractivity contribution in [1.29, 1.82) is 0 Å². The molecule has 0 radical (unpaired) electrons. The summed E-state index contributed by atoms with van der Waals surface area (Å²) in [6.45, 7) is 2.61. The van der Waals surface area contributed by atoms with Crippen LogP contribution in [0.5, 0.6) is 0 Å². The summed E-state index contributed by atoms with van der Waals surface area (Å²) < 4.78 is 7.37. The molecule has 20 heavy (non-hydrogen) atoms. The third kappa shape index (κ3) is 3.20. The Morgan fingerprint density at radius 3 is 2.95 bits per heavy atom. The lowest BCUT2D eigenvalue weighted by atomic mass is 10.2. The molecular formula is C12H14BrN5O2. The van der Waals surface area contributed by atoms with Crippen LogP contribution in [0.4, 0.5) is 0 Å². The second-order valence-electron chi connectivity index (χ2n) is 3.98. The fourth-order valence-electron chi connectivity index (χ4n) is 1.74. The van der Waals surface area contributed by atoms with Crippen LogP contribution in [0.3, 0.4) is 0 Å². The van der Waals surface area contributed by atoms with Crippen molar-refractivity contribution in [2.45, 2.75) is 20.0 Å². The summed E-state index contributed by atoms with van der Waals surface area (Å²) in [5.74, 6) is -0.508. The Labute approximate surface area is 124 Å². The number of halogens is 1. The summed E-state index contributed by atoms with van der Waals surface area (Å²) in [6, 6.07) is 1.92. The first-order chi connectivity index (χ1) is 9.65. The highest BCUT2D eigenvalue weighted by Crippen LogP contribution is 2.13. The molecule has 2 N–H and O–H groups in total. The van der Waals surface area contributed by atoms with Crippen molar-refractivity contribution < 1.29 is 9.53 Å². The molecule has 0 spiro atoms. The van der Waals surface area contributed by atoms with Gasteiger partial charge < -0.3 is 10.5 Å². The molecule has 0 aliphatic carbocycles. The van der Waals surface area contributed by atoms with Gasteiger partial charge in [0.2, 0.25) is 0 Å². The molecule has 0 saturated heterocycles. The molecule has 2 aromatic rings. The van der Waals surface area contributed by atoms with E-state index in [-0.39, 0.29) is 18.8 Å². The first-order valence-corrected chi connectivity index (χ1v) is 6.84. The van der Waals surface area contributed by atoms with Gasteiger partial charge in [0, 0.05) is 23.4 Å². The Hall–Kier alpha value is -1.80. The summed E-state index contributed by atoms with van der Waals surface area (Å²) in [5, 5.41) is 7.81. The van der Waals surface area contributed by atoms with Crippen molar-refractivity contribution in [3.63, 3.8) is 0 Å². The number of nitrogens with two attached hydrogens (primary N) is 1. The van der Waals surface area contributed by atoms with E-state index in [9.17, 15) is 4.79 Å². The second-order valence-corrected chi connectivity index (χ2v) is 4.89. The van der Waals surface area contributed by atoms with Gasteiger partial charge in [-0.05, 0) is 34.5 Å². The van der Waals surface area contributed by atoms with E-state index in [1.165, 1.54) is 0 Å². The maximum Gasteiger partial charge on any atom is 0.360 e. The molecule has 0 amide bonds. The largest absolute Gasteiger partial charge is 0.461 e. The maximum absolute atomic E-state index is 11.7. The monoisotopic (exact) mass is 339 g/mol. The van der Waals surface area contributed by atoms with Crippen LogP contribution in [0.1, 0.15) is 28.7 Å². The number of rotatable bonds is 5. The minimum absolute atomic E-state index is 0.155. The van der Waals surface area contributed by atoms with Crippen LogP contribution in [0.25, 0.3) is 0 Å². The molecule has 7 nitrogen and oxygen atoms in total. The highest BCUT2D eigenvalue weighted by molar-refractivity contribution is 9.10. The zero-order valence-corrected chi connectivity index (χ0v) is 12.5. The van der Waals surface area contributed by atoms with E-state index in [1.807, 2.05) is 6.07 Å². The molecule has 2 heterocycles. The van der Waals surface area contributed by atoms with Crippen molar-refractivity contribution in [2.24, 2.45) is 5.73 Å². The smallest absolute Gasteiger partial charge is 0.360 e. The average Bonchev–Trinajstić information content (AvgIpc) is 2.82. The number of hydrogen-bond donors (Lipinski definition) is 1. The van der Waals surface area contributed by atoms with E-state index in [0.717, 1.165) is 10.0 Å². The van der Waals surface area contributed by atoms with Crippen LogP contribution in [-0.2, 0) is 17.8 Å². The van der Waals surface area contributed by atoms with E-state index in [0.29, 0.717) is 12.2 Å². The fraction of sp³-hybridized carbons (Fsp3) is 0.333. The van der Waals surface area contributed by atoms with Gasteiger partial charge in [-0.1, -0.05) is 5.21 Å². The summed E-state index contributed by atoms with van der Waals surface area (Å²) in [7, 11) is 0. The molecule has 0 aliphatic heterocycles. The lowest BCUT2D eigenvalue weighted by molar-refractivity contribution is 0.0518. The number of aromatic nitrogens is 4. The van der Waals surface area contributed by atoms with Crippen LogP contribution in [0, 0.1) is 0 Å². The van der Waals surface area contributed by atoms with E-state index < -0.39 is 5.97 Å². The summed E-state index contributed by atoms with van der Waals surface area (Å²) >= 11 is 3.35. The summed E-state index contributed by atoms with van der Waals surface area (Å²) in [6.07, 6.45) is 3.41.